The zero-order chi connectivity index (χ0) is 42.7. The average Bonchev–Trinajstić information content (AvgIpc) is 3.17. The molecule has 0 saturated carbocycles. The van der Waals surface area contributed by atoms with Crippen LogP contribution in [0.2, 0.25) is 0 Å². The lowest BCUT2D eigenvalue weighted by Gasteiger charge is -2.17. The summed E-state index contributed by atoms with van der Waals surface area (Å²) in [6.45, 7) is 0. The number of anilines is 2. The Hall–Kier alpha value is -7.36. The quantitative estimate of drug-likeness (QED) is 0.0343. The first-order valence-electron chi connectivity index (χ1n) is 17.3. The predicted molar refractivity (Wildman–Crippen MR) is 204 cm³/mol. The van der Waals surface area contributed by atoms with Crippen LogP contribution in [0.3, 0.4) is 0 Å². The molecule has 0 heterocycles. The Labute approximate surface area is 332 Å². The third-order valence-electron chi connectivity index (χ3n) is 8.20. The molecule has 0 spiro atoms. The Bertz CT molecular complexity index is 2200. The number of allylic oxidation sites excluding steroid dienone is 2. The number of alkyl halides is 6. The highest BCUT2D eigenvalue weighted by atomic mass is 19.4. The van der Waals surface area contributed by atoms with Crippen molar-refractivity contribution in [1.29, 1.82) is 0 Å². The van der Waals surface area contributed by atoms with Crippen LogP contribution in [0.4, 0.5) is 37.7 Å². The molecule has 0 bridgehead atoms. The molecule has 0 atom stereocenters. The summed E-state index contributed by atoms with van der Waals surface area (Å²) in [5, 5.41) is 0. The van der Waals surface area contributed by atoms with Crippen LogP contribution in [-0.4, -0.2) is 36.2 Å². The van der Waals surface area contributed by atoms with Crippen LogP contribution in [0.1, 0.15) is 56.2 Å². The lowest BCUT2D eigenvalue weighted by Crippen LogP contribution is -2.17. The summed E-state index contributed by atoms with van der Waals surface area (Å²) in [7, 11) is 0. The summed E-state index contributed by atoms with van der Waals surface area (Å²) in [5.74, 6) is -3.80. The molecule has 0 fully saturated rings. The molecule has 4 N–H and O–H groups in total. The van der Waals surface area contributed by atoms with Crippen LogP contribution in [0, 0.1) is 0 Å². The zero-order valence-corrected chi connectivity index (χ0v) is 30.5. The molecule has 0 saturated heterocycles. The van der Waals surface area contributed by atoms with Crippen molar-refractivity contribution in [3.05, 3.63) is 155 Å². The van der Waals surface area contributed by atoms with Crippen molar-refractivity contribution in [2.24, 2.45) is 0 Å². The smallest absolute Gasteiger partial charge is 0.423 e. The Balaban J connectivity index is 1.17. The summed E-state index contributed by atoms with van der Waals surface area (Å²) in [5.41, 5.74) is 14.7. The zero-order valence-electron chi connectivity index (χ0n) is 30.5. The molecule has 0 radical (unpaired) electrons. The van der Waals surface area contributed by atoms with Crippen LogP contribution < -0.4 is 30.4 Å². The number of hydrogen-bond donors (Lipinski definition) is 2. The molecule has 5 aromatic carbocycles. The first kappa shape index (κ1) is 42.8. The topological polar surface area (TPSA) is 157 Å². The minimum Gasteiger partial charge on any atom is -0.423 e. The van der Waals surface area contributed by atoms with E-state index < -0.39 is 42.1 Å². The van der Waals surface area contributed by atoms with Crippen LogP contribution >= 0.6 is 0 Å². The van der Waals surface area contributed by atoms with Crippen LogP contribution in [0.25, 0.3) is 12.2 Å². The van der Waals surface area contributed by atoms with Gasteiger partial charge in [-0.2, -0.15) is 0 Å². The normalized spacial score (nSPS) is 11.8. The number of esters is 2. The van der Waals surface area contributed by atoms with Gasteiger partial charge < -0.3 is 30.4 Å². The second kappa shape index (κ2) is 18.7. The third kappa shape index (κ3) is 13.7. The molecule has 16 heteroatoms. The Morgan fingerprint density at radius 1 is 0.525 bits per heavy atom. The summed E-state index contributed by atoms with van der Waals surface area (Å²) in [6, 6.07) is 25.4. The first-order valence-corrected chi connectivity index (χ1v) is 17.3. The largest absolute Gasteiger partial charge is 0.573 e. The minimum atomic E-state index is -4.86. The number of hydrogen-bond acceptors (Lipinski definition) is 10. The second-order valence-electron chi connectivity index (χ2n) is 12.7. The number of ether oxygens (including phenoxy) is 4. The van der Waals surface area contributed by atoms with E-state index in [1.807, 2.05) is 0 Å². The molecular formula is C43H32F6N2O8. The van der Waals surface area contributed by atoms with Gasteiger partial charge in [0.2, 0.25) is 0 Å². The van der Waals surface area contributed by atoms with Crippen molar-refractivity contribution >= 4 is 47.0 Å². The van der Waals surface area contributed by atoms with Crippen molar-refractivity contribution < 1.29 is 64.5 Å². The van der Waals surface area contributed by atoms with E-state index in [1.165, 1.54) is 54.6 Å². The molecule has 0 aliphatic carbocycles. The fourth-order valence-electron chi connectivity index (χ4n) is 5.47. The third-order valence-corrected chi connectivity index (χ3v) is 8.20. The number of ketones is 2. The molecule has 304 valence electrons. The van der Waals surface area contributed by atoms with Gasteiger partial charge in [-0.1, -0.05) is 42.5 Å². The van der Waals surface area contributed by atoms with E-state index in [9.17, 15) is 45.5 Å². The van der Waals surface area contributed by atoms with E-state index in [-0.39, 0.29) is 47.0 Å². The highest BCUT2D eigenvalue weighted by Crippen LogP contribution is 2.31. The maximum Gasteiger partial charge on any atom is 0.573 e. The van der Waals surface area contributed by atoms with E-state index in [4.69, 9.17) is 20.9 Å². The molecule has 10 nitrogen and oxygen atoms in total. The molecule has 0 unspecified atom stereocenters. The summed E-state index contributed by atoms with van der Waals surface area (Å²) >= 11 is 0. The van der Waals surface area contributed by atoms with E-state index >= 15 is 0 Å². The molecule has 5 rings (SSSR count). The van der Waals surface area contributed by atoms with Gasteiger partial charge in [0.1, 0.15) is 23.0 Å². The number of nitrogens with two attached hydrogens (primary N) is 2. The average molecular weight is 819 g/mol. The van der Waals surface area contributed by atoms with Gasteiger partial charge in [-0.15, -0.1) is 26.3 Å². The minimum absolute atomic E-state index is 0.00427. The summed E-state index contributed by atoms with van der Waals surface area (Å²) in [4.78, 5) is 51.5. The monoisotopic (exact) mass is 818 g/mol. The van der Waals surface area contributed by atoms with Gasteiger partial charge in [-0.3, -0.25) is 9.59 Å². The van der Waals surface area contributed by atoms with Gasteiger partial charge in [-0.25, -0.2) is 9.59 Å². The van der Waals surface area contributed by atoms with Gasteiger partial charge in [0.15, 0.2) is 11.6 Å². The van der Waals surface area contributed by atoms with Crippen molar-refractivity contribution in [2.75, 3.05) is 11.5 Å². The van der Waals surface area contributed by atoms with E-state index in [2.05, 4.69) is 9.47 Å². The fraction of sp³-hybridized carbons (Fsp3) is 0.116. The van der Waals surface area contributed by atoms with Gasteiger partial charge in [-0.05, 0) is 114 Å². The number of carbonyl (C=O) groups is 4. The second-order valence-corrected chi connectivity index (χ2v) is 12.7. The first-order chi connectivity index (χ1) is 27.9. The summed E-state index contributed by atoms with van der Waals surface area (Å²) in [6.07, 6.45) is -4.25. The van der Waals surface area contributed by atoms with Crippen LogP contribution in [0.5, 0.6) is 23.0 Å². The van der Waals surface area contributed by atoms with Crippen molar-refractivity contribution in [3.63, 3.8) is 0 Å². The Kier molecular flexibility index (Phi) is 13.6. The van der Waals surface area contributed by atoms with E-state index in [0.717, 1.165) is 48.5 Å². The van der Waals surface area contributed by atoms with Crippen molar-refractivity contribution in [2.45, 2.75) is 31.5 Å². The van der Waals surface area contributed by atoms with Gasteiger partial charge >= 0.3 is 24.7 Å². The van der Waals surface area contributed by atoms with Gasteiger partial charge in [0.05, 0.1) is 11.1 Å². The lowest BCUT2D eigenvalue weighted by atomic mass is 9.87. The lowest BCUT2D eigenvalue weighted by molar-refractivity contribution is -0.275. The highest BCUT2D eigenvalue weighted by molar-refractivity contribution is 5.98. The SMILES string of the molecule is Nc1ccc(C(CC(=O)/C=C/c2ccc(C(=O)Oc3ccc(OC(F)(F)F)cc3)cc2)CC(=O)/C=C/c2ccc(C(=O)Oc3ccc(OC(F)(F)F)cc3)cc2)c(N)c1. The van der Waals surface area contributed by atoms with E-state index in [1.54, 1.807) is 36.4 Å². The van der Waals surface area contributed by atoms with Crippen LogP contribution in [0.15, 0.2) is 127 Å². The molecule has 0 amide bonds. The fourth-order valence-corrected chi connectivity index (χ4v) is 5.47. The number of halogens is 6. The maximum absolute atomic E-state index is 13.2. The molecule has 0 aliphatic rings. The van der Waals surface area contributed by atoms with E-state index in [0.29, 0.717) is 28.1 Å². The molecule has 59 heavy (non-hydrogen) atoms. The van der Waals surface area contributed by atoms with Gasteiger partial charge in [0, 0.05) is 30.1 Å². The Morgan fingerprint density at radius 3 is 1.25 bits per heavy atom. The highest BCUT2D eigenvalue weighted by Gasteiger charge is 2.32. The number of rotatable bonds is 15. The van der Waals surface area contributed by atoms with Crippen LogP contribution in [-0.2, 0) is 9.59 Å². The molecular weight excluding hydrogens is 786 g/mol. The maximum atomic E-state index is 13.2. The Morgan fingerprint density at radius 2 is 0.898 bits per heavy atom. The summed E-state index contributed by atoms with van der Waals surface area (Å²) < 4.78 is 92.3. The molecule has 0 aromatic heterocycles. The molecule has 0 aliphatic heterocycles. The van der Waals surface area contributed by atoms with Crippen molar-refractivity contribution in [3.8, 4) is 23.0 Å². The van der Waals surface area contributed by atoms with Gasteiger partial charge in [0.25, 0.3) is 0 Å². The number of carbonyl (C=O) groups excluding carboxylic acids is 4. The van der Waals surface area contributed by atoms with Crippen molar-refractivity contribution in [1.82, 2.24) is 0 Å². The predicted octanol–water partition coefficient (Wildman–Crippen LogP) is 9.52. The number of benzene rings is 5. The molecule has 5 aromatic rings. The number of nitrogen functional groups attached to an aromatic ring is 2. The standard InChI is InChI=1S/C43H32F6N2O8/c44-42(45,46)58-36-18-14-34(15-19-36)56-40(54)28-7-1-26(2-8-28)5-12-32(52)23-30(38-22-11-31(50)25-39(38)51)24-33(53)13-6-27-3-9-29(10-4-27)41(55)57-35-16-20-37(21-17-35)59-43(47,48)49/h1-22,25,30H,23-24,50-51H2/b12-5+,13-6+.